The molecule has 1 N–H and O–H groups in total. The summed E-state index contributed by atoms with van der Waals surface area (Å²) >= 11 is 5.72. The van der Waals surface area contributed by atoms with Gasteiger partial charge in [-0.1, -0.05) is 37.8 Å². The van der Waals surface area contributed by atoms with Gasteiger partial charge in [-0.2, -0.15) is 0 Å². The zero-order valence-corrected chi connectivity index (χ0v) is 11.4. The molecule has 0 heterocycles. The van der Waals surface area contributed by atoms with E-state index in [9.17, 15) is 4.79 Å². The van der Waals surface area contributed by atoms with Crippen LogP contribution in [-0.2, 0) is 10.7 Å². The predicted octanol–water partition coefficient (Wildman–Crippen LogP) is 4.33. The van der Waals surface area contributed by atoms with E-state index in [1.54, 1.807) is 0 Å². The van der Waals surface area contributed by atoms with E-state index in [1.165, 1.54) is 25.7 Å². The number of amides is 1. The Bertz CT molecular complexity index is 382. The van der Waals surface area contributed by atoms with Crippen LogP contribution in [0.2, 0.25) is 0 Å². The molecule has 0 spiro atoms. The Morgan fingerprint density at radius 1 is 1.22 bits per heavy atom. The molecule has 0 radical (unpaired) electrons. The highest BCUT2D eigenvalue weighted by atomic mass is 35.5. The summed E-state index contributed by atoms with van der Waals surface area (Å²) in [6.07, 6.45) is 6.96. The average molecular weight is 266 g/mol. The van der Waals surface area contributed by atoms with E-state index in [-0.39, 0.29) is 5.91 Å². The van der Waals surface area contributed by atoms with Crippen molar-refractivity contribution in [1.29, 1.82) is 0 Å². The quantitative estimate of drug-likeness (QED) is 0.789. The lowest BCUT2D eigenvalue weighted by Crippen LogP contribution is -2.12. The highest BCUT2D eigenvalue weighted by molar-refractivity contribution is 6.17. The van der Waals surface area contributed by atoms with Crippen LogP contribution in [0.15, 0.2) is 24.3 Å². The van der Waals surface area contributed by atoms with E-state index in [0.717, 1.165) is 23.6 Å². The number of nitrogens with one attached hydrogen (secondary N) is 1. The first kappa shape index (κ1) is 13.4. The molecule has 1 aliphatic carbocycles. The summed E-state index contributed by atoms with van der Waals surface area (Å²) in [6, 6.07) is 7.70. The summed E-state index contributed by atoms with van der Waals surface area (Å²) in [5.41, 5.74) is 1.93. The lowest BCUT2D eigenvalue weighted by Gasteiger charge is -2.09. The second kappa shape index (κ2) is 6.79. The van der Waals surface area contributed by atoms with Crippen LogP contribution >= 0.6 is 11.6 Å². The van der Waals surface area contributed by atoms with Gasteiger partial charge < -0.3 is 5.32 Å². The van der Waals surface area contributed by atoms with Crippen molar-refractivity contribution in [3.63, 3.8) is 0 Å². The molecule has 0 aliphatic heterocycles. The van der Waals surface area contributed by atoms with Crippen molar-refractivity contribution in [3.05, 3.63) is 29.8 Å². The van der Waals surface area contributed by atoms with E-state index >= 15 is 0 Å². The zero-order chi connectivity index (χ0) is 12.8. The normalized spacial score (nSPS) is 15.8. The van der Waals surface area contributed by atoms with Crippen molar-refractivity contribution in [3.8, 4) is 0 Å². The van der Waals surface area contributed by atoms with Crippen LogP contribution < -0.4 is 5.32 Å². The maximum atomic E-state index is 11.8. The van der Waals surface area contributed by atoms with Crippen molar-refractivity contribution in [2.24, 2.45) is 5.92 Å². The zero-order valence-electron chi connectivity index (χ0n) is 10.6. The molecule has 3 heteroatoms. The van der Waals surface area contributed by atoms with Crippen LogP contribution in [0, 0.1) is 5.92 Å². The lowest BCUT2D eigenvalue weighted by molar-refractivity contribution is -0.116. The van der Waals surface area contributed by atoms with Gasteiger partial charge in [-0.3, -0.25) is 4.79 Å². The van der Waals surface area contributed by atoms with Gasteiger partial charge in [-0.05, 0) is 30.0 Å². The largest absolute Gasteiger partial charge is 0.326 e. The Morgan fingerprint density at radius 3 is 2.50 bits per heavy atom. The lowest BCUT2D eigenvalue weighted by atomic mass is 10.0. The third kappa shape index (κ3) is 4.02. The molecule has 2 nitrogen and oxygen atoms in total. The van der Waals surface area contributed by atoms with Gasteiger partial charge in [0.25, 0.3) is 0 Å². The minimum atomic E-state index is 0.125. The number of halogens is 1. The molecular weight excluding hydrogens is 246 g/mol. The van der Waals surface area contributed by atoms with Gasteiger partial charge >= 0.3 is 0 Å². The van der Waals surface area contributed by atoms with Gasteiger partial charge in [-0.15, -0.1) is 11.6 Å². The number of carbonyl (C=O) groups is 1. The molecule has 1 fully saturated rings. The minimum Gasteiger partial charge on any atom is -0.326 e. The summed E-state index contributed by atoms with van der Waals surface area (Å²) < 4.78 is 0. The number of hydrogen-bond acceptors (Lipinski definition) is 1. The molecule has 0 aromatic heterocycles. The van der Waals surface area contributed by atoms with Crippen LogP contribution in [0.5, 0.6) is 0 Å². The second-order valence-electron chi connectivity index (χ2n) is 5.07. The molecule has 1 saturated carbocycles. The number of anilines is 1. The number of hydrogen-bond donors (Lipinski definition) is 1. The van der Waals surface area contributed by atoms with Crippen molar-refractivity contribution in [1.82, 2.24) is 0 Å². The monoisotopic (exact) mass is 265 g/mol. The fourth-order valence-corrected chi connectivity index (χ4v) is 2.71. The van der Waals surface area contributed by atoms with Gasteiger partial charge in [0, 0.05) is 18.0 Å². The third-order valence-electron chi connectivity index (χ3n) is 3.65. The Hall–Kier alpha value is -1.02. The van der Waals surface area contributed by atoms with Gasteiger partial charge in [0.2, 0.25) is 5.91 Å². The van der Waals surface area contributed by atoms with E-state index < -0.39 is 0 Å². The molecule has 0 atom stereocenters. The molecule has 18 heavy (non-hydrogen) atoms. The SMILES string of the molecule is O=C(CCC1CCCC1)Nc1ccc(CCl)cc1. The maximum Gasteiger partial charge on any atom is 0.224 e. The first-order chi connectivity index (χ1) is 8.78. The van der Waals surface area contributed by atoms with Crippen LogP contribution in [0.4, 0.5) is 5.69 Å². The first-order valence-electron chi connectivity index (χ1n) is 6.72. The summed E-state index contributed by atoms with van der Waals surface area (Å²) in [5.74, 6) is 1.41. The van der Waals surface area contributed by atoms with Crippen molar-refractivity contribution >= 4 is 23.2 Å². The third-order valence-corrected chi connectivity index (χ3v) is 3.95. The number of alkyl halides is 1. The van der Waals surface area contributed by atoms with Crippen LogP contribution in [0.3, 0.4) is 0 Å². The molecule has 98 valence electrons. The molecule has 0 unspecified atom stereocenters. The predicted molar refractivity (Wildman–Crippen MR) is 75.8 cm³/mol. The summed E-state index contributed by atoms with van der Waals surface area (Å²) in [7, 11) is 0. The van der Waals surface area contributed by atoms with Gasteiger partial charge in [0.15, 0.2) is 0 Å². The number of benzene rings is 1. The highest BCUT2D eigenvalue weighted by Crippen LogP contribution is 2.28. The fourth-order valence-electron chi connectivity index (χ4n) is 2.53. The van der Waals surface area contributed by atoms with Gasteiger partial charge in [0.05, 0.1) is 0 Å². The highest BCUT2D eigenvalue weighted by Gasteiger charge is 2.16. The Morgan fingerprint density at radius 2 is 1.89 bits per heavy atom. The van der Waals surface area contributed by atoms with Gasteiger partial charge in [-0.25, -0.2) is 0 Å². The summed E-state index contributed by atoms with van der Waals surface area (Å²) in [4.78, 5) is 11.8. The fraction of sp³-hybridized carbons (Fsp3) is 0.533. The number of rotatable bonds is 5. The van der Waals surface area contributed by atoms with Crippen LogP contribution in [0.25, 0.3) is 0 Å². The molecule has 1 aliphatic rings. The molecule has 0 bridgehead atoms. The Kier molecular flexibility index (Phi) is 5.06. The first-order valence-corrected chi connectivity index (χ1v) is 7.26. The van der Waals surface area contributed by atoms with Crippen molar-refractivity contribution in [2.75, 3.05) is 5.32 Å². The maximum absolute atomic E-state index is 11.8. The Labute approximate surface area is 114 Å². The molecule has 1 amide bonds. The smallest absolute Gasteiger partial charge is 0.224 e. The molecule has 2 rings (SSSR count). The summed E-state index contributed by atoms with van der Waals surface area (Å²) in [6.45, 7) is 0. The van der Waals surface area contributed by atoms with Crippen molar-refractivity contribution < 1.29 is 4.79 Å². The van der Waals surface area contributed by atoms with E-state index in [2.05, 4.69) is 5.32 Å². The van der Waals surface area contributed by atoms with E-state index in [1.807, 2.05) is 24.3 Å². The molecule has 1 aromatic carbocycles. The number of carbonyl (C=O) groups excluding carboxylic acids is 1. The average Bonchev–Trinajstić information content (AvgIpc) is 2.90. The molecule has 0 saturated heterocycles. The van der Waals surface area contributed by atoms with Crippen LogP contribution in [0.1, 0.15) is 44.1 Å². The second-order valence-corrected chi connectivity index (χ2v) is 5.34. The van der Waals surface area contributed by atoms with E-state index in [0.29, 0.717) is 12.3 Å². The topological polar surface area (TPSA) is 29.1 Å². The van der Waals surface area contributed by atoms with Crippen LogP contribution in [-0.4, -0.2) is 5.91 Å². The van der Waals surface area contributed by atoms with Gasteiger partial charge in [0.1, 0.15) is 0 Å². The summed E-state index contributed by atoms with van der Waals surface area (Å²) in [5, 5.41) is 2.94. The minimum absolute atomic E-state index is 0.125. The molecule has 1 aromatic rings. The van der Waals surface area contributed by atoms with E-state index in [4.69, 9.17) is 11.6 Å². The Balaban J connectivity index is 1.75. The van der Waals surface area contributed by atoms with Crippen molar-refractivity contribution in [2.45, 2.75) is 44.4 Å². The standard InChI is InChI=1S/C15H20ClNO/c16-11-13-5-8-14(9-6-13)17-15(18)10-7-12-3-1-2-4-12/h5-6,8-9,12H,1-4,7,10-11H2,(H,17,18). The molecular formula is C15H20ClNO.